The highest BCUT2D eigenvalue weighted by Gasteiger charge is 2.20. The van der Waals surface area contributed by atoms with Gasteiger partial charge in [-0.15, -0.1) is 0 Å². The van der Waals surface area contributed by atoms with Crippen LogP contribution in [0, 0.1) is 0 Å². The average Bonchev–Trinajstić information content (AvgIpc) is 2.96. The monoisotopic (exact) mass is 283 g/mol. The van der Waals surface area contributed by atoms with Gasteiger partial charge in [-0.1, -0.05) is 24.3 Å². The normalized spacial score (nSPS) is 13.5. The quantitative estimate of drug-likeness (QED) is 0.827. The number of pyridine rings is 1. The number of aromatic nitrogens is 1. The summed E-state index contributed by atoms with van der Waals surface area (Å²) in [6.45, 7) is 3.43. The topological polar surface area (TPSA) is 37.4 Å². The molecule has 0 unspecified atom stereocenters. The Morgan fingerprint density at radius 1 is 1.24 bits per heavy atom. The smallest absolute Gasteiger partial charge is 0.132 e. The van der Waals surface area contributed by atoms with E-state index >= 15 is 0 Å². The van der Waals surface area contributed by atoms with Crippen molar-refractivity contribution in [3.05, 3.63) is 53.7 Å². The first-order valence-electron chi connectivity index (χ1n) is 7.38. The third-order valence-electron chi connectivity index (χ3n) is 3.78. The van der Waals surface area contributed by atoms with Gasteiger partial charge in [0.15, 0.2) is 0 Å². The molecule has 3 rings (SSSR count). The zero-order chi connectivity index (χ0) is 14.5. The van der Waals surface area contributed by atoms with Gasteiger partial charge in [0, 0.05) is 38.6 Å². The molecule has 1 aromatic carbocycles. The van der Waals surface area contributed by atoms with Crippen LogP contribution < -0.4 is 10.2 Å². The van der Waals surface area contributed by atoms with Gasteiger partial charge in [-0.3, -0.25) is 0 Å². The molecule has 4 heteroatoms. The van der Waals surface area contributed by atoms with Crippen molar-refractivity contribution in [2.45, 2.75) is 13.0 Å². The number of rotatable bonds is 6. The van der Waals surface area contributed by atoms with Crippen molar-refractivity contribution in [1.29, 1.82) is 0 Å². The van der Waals surface area contributed by atoms with E-state index in [1.807, 2.05) is 6.20 Å². The number of methoxy groups -OCH3 is 1. The molecule has 2 aromatic rings. The minimum Gasteiger partial charge on any atom is -0.383 e. The van der Waals surface area contributed by atoms with Crippen molar-refractivity contribution in [2.24, 2.45) is 0 Å². The molecule has 0 aliphatic carbocycles. The molecule has 0 spiro atoms. The van der Waals surface area contributed by atoms with Crippen LogP contribution in [-0.4, -0.2) is 31.8 Å². The van der Waals surface area contributed by atoms with E-state index in [1.165, 1.54) is 16.8 Å². The predicted octanol–water partition coefficient (Wildman–Crippen LogP) is 2.51. The number of hydrogen-bond acceptors (Lipinski definition) is 4. The number of hydrogen-bond donors (Lipinski definition) is 1. The molecule has 0 radical (unpaired) electrons. The summed E-state index contributed by atoms with van der Waals surface area (Å²) in [6, 6.07) is 12.8. The molecule has 4 nitrogen and oxygen atoms in total. The molecule has 1 aromatic heterocycles. The van der Waals surface area contributed by atoms with Gasteiger partial charge in [0.25, 0.3) is 0 Å². The molecule has 1 aliphatic heterocycles. The lowest BCUT2D eigenvalue weighted by atomic mass is 10.2. The van der Waals surface area contributed by atoms with Crippen LogP contribution in [0.3, 0.4) is 0 Å². The first-order chi connectivity index (χ1) is 10.4. The molecular weight excluding hydrogens is 262 g/mol. The molecule has 0 bridgehead atoms. The average molecular weight is 283 g/mol. The van der Waals surface area contributed by atoms with E-state index in [1.54, 1.807) is 7.11 Å². The minimum absolute atomic E-state index is 0.732. The van der Waals surface area contributed by atoms with E-state index in [-0.39, 0.29) is 0 Å². The molecule has 2 heterocycles. The molecule has 0 amide bonds. The number of anilines is 2. The van der Waals surface area contributed by atoms with Crippen molar-refractivity contribution in [1.82, 2.24) is 10.3 Å². The van der Waals surface area contributed by atoms with Gasteiger partial charge in [-0.05, 0) is 29.7 Å². The van der Waals surface area contributed by atoms with Crippen LogP contribution in [0.5, 0.6) is 0 Å². The second-order valence-corrected chi connectivity index (χ2v) is 5.22. The third kappa shape index (κ3) is 3.23. The largest absolute Gasteiger partial charge is 0.383 e. The number of benzene rings is 1. The van der Waals surface area contributed by atoms with Crippen molar-refractivity contribution >= 4 is 11.5 Å². The Bertz CT molecular complexity index is 583. The number of fused-ring (bicyclic) bond motifs is 1. The van der Waals surface area contributed by atoms with Crippen LogP contribution in [0.1, 0.15) is 11.1 Å². The lowest BCUT2D eigenvalue weighted by Gasteiger charge is -2.18. The van der Waals surface area contributed by atoms with Gasteiger partial charge >= 0.3 is 0 Å². The Morgan fingerprint density at radius 3 is 2.95 bits per heavy atom. The second kappa shape index (κ2) is 6.70. The van der Waals surface area contributed by atoms with E-state index in [2.05, 4.69) is 51.6 Å². The highest BCUT2D eigenvalue weighted by atomic mass is 16.5. The second-order valence-electron chi connectivity index (χ2n) is 5.22. The third-order valence-corrected chi connectivity index (χ3v) is 3.78. The van der Waals surface area contributed by atoms with Crippen molar-refractivity contribution in [2.75, 3.05) is 31.7 Å². The summed E-state index contributed by atoms with van der Waals surface area (Å²) in [5.74, 6) is 1.03. The predicted molar refractivity (Wildman–Crippen MR) is 85.0 cm³/mol. The van der Waals surface area contributed by atoms with E-state index in [0.717, 1.165) is 38.5 Å². The molecule has 110 valence electrons. The van der Waals surface area contributed by atoms with Gasteiger partial charge in [0.05, 0.1) is 6.61 Å². The Labute approximate surface area is 125 Å². The summed E-state index contributed by atoms with van der Waals surface area (Å²) in [5, 5.41) is 3.33. The van der Waals surface area contributed by atoms with E-state index in [0.29, 0.717) is 0 Å². The Hall–Kier alpha value is -1.91. The summed E-state index contributed by atoms with van der Waals surface area (Å²) in [6.07, 6.45) is 3.05. The zero-order valence-corrected chi connectivity index (χ0v) is 12.4. The Kier molecular flexibility index (Phi) is 4.48. The molecule has 0 saturated heterocycles. The number of nitrogens with one attached hydrogen (secondary N) is 1. The molecule has 0 saturated carbocycles. The SMILES string of the molecule is COCCNCc1ccc(N2CCc3ccccc32)nc1. The fourth-order valence-electron chi connectivity index (χ4n) is 2.66. The highest BCUT2D eigenvalue weighted by Crippen LogP contribution is 2.32. The van der Waals surface area contributed by atoms with Gasteiger partial charge < -0.3 is 15.0 Å². The summed E-state index contributed by atoms with van der Waals surface area (Å²) in [5.41, 5.74) is 3.89. The maximum atomic E-state index is 5.01. The zero-order valence-electron chi connectivity index (χ0n) is 12.4. The van der Waals surface area contributed by atoms with E-state index in [9.17, 15) is 0 Å². The maximum Gasteiger partial charge on any atom is 0.132 e. The van der Waals surface area contributed by atoms with Crippen molar-refractivity contribution < 1.29 is 4.74 Å². The van der Waals surface area contributed by atoms with E-state index in [4.69, 9.17) is 4.74 Å². The summed E-state index contributed by atoms with van der Waals surface area (Å²) in [4.78, 5) is 6.90. The molecule has 0 fully saturated rings. The molecule has 1 N–H and O–H groups in total. The maximum absolute atomic E-state index is 5.01. The van der Waals surface area contributed by atoms with Gasteiger partial charge in [0.2, 0.25) is 0 Å². The first-order valence-corrected chi connectivity index (χ1v) is 7.38. The number of nitrogens with zero attached hydrogens (tertiary/aromatic N) is 2. The molecule has 1 aliphatic rings. The lowest BCUT2D eigenvalue weighted by Crippen LogP contribution is -2.19. The molecular formula is C17H21N3O. The fraction of sp³-hybridized carbons (Fsp3) is 0.353. The van der Waals surface area contributed by atoms with Gasteiger partial charge in [-0.25, -0.2) is 4.98 Å². The van der Waals surface area contributed by atoms with Crippen LogP contribution in [0.15, 0.2) is 42.6 Å². The van der Waals surface area contributed by atoms with Crippen LogP contribution in [-0.2, 0) is 17.7 Å². The summed E-state index contributed by atoms with van der Waals surface area (Å²) < 4.78 is 5.01. The Morgan fingerprint density at radius 2 is 2.14 bits per heavy atom. The lowest BCUT2D eigenvalue weighted by molar-refractivity contribution is 0.199. The number of para-hydroxylation sites is 1. The van der Waals surface area contributed by atoms with Gasteiger partial charge in [0.1, 0.15) is 5.82 Å². The van der Waals surface area contributed by atoms with Crippen LogP contribution >= 0.6 is 0 Å². The van der Waals surface area contributed by atoms with Crippen LogP contribution in [0.25, 0.3) is 0 Å². The van der Waals surface area contributed by atoms with Crippen LogP contribution in [0.4, 0.5) is 11.5 Å². The summed E-state index contributed by atoms with van der Waals surface area (Å²) in [7, 11) is 1.71. The van der Waals surface area contributed by atoms with Crippen molar-refractivity contribution in [3.8, 4) is 0 Å². The molecule has 21 heavy (non-hydrogen) atoms. The van der Waals surface area contributed by atoms with Crippen LogP contribution in [0.2, 0.25) is 0 Å². The van der Waals surface area contributed by atoms with E-state index < -0.39 is 0 Å². The Balaban J connectivity index is 1.65. The summed E-state index contributed by atoms with van der Waals surface area (Å²) >= 11 is 0. The van der Waals surface area contributed by atoms with Gasteiger partial charge in [-0.2, -0.15) is 0 Å². The van der Waals surface area contributed by atoms with Crippen molar-refractivity contribution in [3.63, 3.8) is 0 Å². The highest BCUT2D eigenvalue weighted by molar-refractivity contribution is 5.67. The first kappa shape index (κ1) is 14.0. The standard InChI is InChI=1S/C17H21N3O/c1-21-11-9-18-12-14-6-7-17(19-13-14)20-10-8-15-4-2-3-5-16(15)20/h2-7,13,18H,8-12H2,1H3. The number of ether oxygens (including phenoxy) is 1. The minimum atomic E-state index is 0.732. The molecule has 0 atom stereocenters. The fourth-order valence-corrected chi connectivity index (χ4v) is 2.66.